The van der Waals surface area contributed by atoms with E-state index in [1.807, 2.05) is 0 Å². The molecule has 1 amide bonds. The topological polar surface area (TPSA) is 55.1 Å². The molecular formula is C17H19BrN2O. The van der Waals surface area contributed by atoms with Gasteiger partial charge in [0.25, 0.3) is 5.91 Å². The summed E-state index contributed by atoms with van der Waals surface area (Å²) in [4.78, 5) is 12.1. The van der Waals surface area contributed by atoms with Crippen molar-refractivity contribution in [3.63, 3.8) is 0 Å². The number of hydrogen-bond donors (Lipinski definition) is 2. The Kier molecular flexibility index (Phi) is 5.02. The zero-order valence-electron chi connectivity index (χ0n) is 12.2. The van der Waals surface area contributed by atoms with Crippen LogP contribution in [0.4, 0.5) is 5.69 Å². The molecular weight excluding hydrogens is 328 g/mol. The number of carbonyl (C=O) groups is 1. The van der Waals surface area contributed by atoms with Crippen LogP contribution in [0.15, 0.2) is 46.9 Å². The SMILES string of the molecule is CC(C)c1ccc(CNC(=O)c2ccc(N)c(Br)c2)cc1. The minimum absolute atomic E-state index is 0.108. The van der Waals surface area contributed by atoms with E-state index in [1.54, 1.807) is 18.2 Å². The van der Waals surface area contributed by atoms with Crippen LogP contribution in [-0.2, 0) is 6.54 Å². The molecule has 0 fully saturated rings. The predicted molar refractivity (Wildman–Crippen MR) is 90.3 cm³/mol. The van der Waals surface area contributed by atoms with Gasteiger partial charge in [0, 0.05) is 22.3 Å². The van der Waals surface area contributed by atoms with Crippen molar-refractivity contribution in [1.29, 1.82) is 0 Å². The normalized spacial score (nSPS) is 10.7. The summed E-state index contributed by atoms with van der Waals surface area (Å²) in [7, 11) is 0. The molecule has 0 bridgehead atoms. The largest absolute Gasteiger partial charge is 0.398 e. The Labute approximate surface area is 133 Å². The standard InChI is InChI=1S/C17H19BrN2O/c1-11(2)13-5-3-12(4-6-13)10-20-17(21)14-7-8-16(19)15(18)9-14/h3-9,11H,10,19H2,1-2H3,(H,20,21). The van der Waals surface area contributed by atoms with Crippen molar-refractivity contribution in [1.82, 2.24) is 5.32 Å². The molecule has 110 valence electrons. The Morgan fingerprint density at radius 3 is 2.43 bits per heavy atom. The molecule has 0 aromatic heterocycles. The summed E-state index contributed by atoms with van der Waals surface area (Å²) in [6.45, 7) is 4.84. The van der Waals surface area contributed by atoms with Gasteiger partial charge in [0.05, 0.1) is 0 Å². The summed E-state index contributed by atoms with van der Waals surface area (Å²) in [5, 5.41) is 2.91. The Hall–Kier alpha value is -1.81. The monoisotopic (exact) mass is 346 g/mol. The number of amides is 1. The van der Waals surface area contributed by atoms with Gasteiger partial charge in [0.15, 0.2) is 0 Å². The third-order valence-corrected chi connectivity index (χ3v) is 4.05. The lowest BCUT2D eigenvalue weighted by atomic mass is 10.0. The van der Waals surface area contributed by atoms with Crippen LogP contribution in [0.3, 0.4) is 0 Å². The van der Waals surface area contributed by atoms with Crippen molar-refractivity contribution in [2.45, 2.75) is 26.3 Å². The van der Waals surface area contributed by atoms with E-state index in [1.165, 1.54) is 5.56 Å². The van der Waals surface area contributed by atoms with Gasteiger partial charge < -0.3 is 11.1 Å². The van der Waals surface area contributed by atoms with Gasteiger partial charge in [-0.2, -0.15) is 0 Å². The first-order valence-corrected chi connectivity index (χ1v) is 7.68. The molecule has 0 spiro atoms. The zero-order chi connectivity index (χ0) is 15.4. The Morgan fingerprint density at radius 1 is 1.19 bits per heavy atom. The molecule has 0 unspecified atom stereocenters. The Bertz CT molecular complexity index is 636. The quantitative estimate of drug-likeness (QED) is 0.819. The fourth-order valence-electron chi connectivity index (χ4n) is 1.97. The highest BCUT2D eigenvalue weighted by Crippen LogP contribution is 2.20. The van der Waals surface area contributed by atoms with Crippen LogP contribution >= 0.6 is 15.9 Å². The highest BCUT2D eigenvalue weighted by atomic mass is 79.9. The van der Waals surface area contributed by atoms with Gasteiger partial charge in [-0.25, -0.2) is 0 Å². The predicted octanol–water partition coefficient (Wildman–Crippen LogP) is 4.08. The van der Waals surface area contributed by atoms with Crippen molar-refractivity contribution in [3.8, 4) is 0 Å². The van der Waals surface area contributed by atoms with Crippen molar-refractivity contribution in [2.24, 2.45) is 0 Å². The summed E-state index contributed by atoms with van der Waals surface area (Å²) in [6, 6.07) is 13.5. The third-order valence-electron chi connectivity index (χ3n) is 3.36. The fourth-order valence-corrected chi connectivity index (χ4v) is 2.35. The van der Waals surface area contributed by atoms with E-state index in [0.717, 1.165) is 10.0 Å². The molecule has 0 saturated carbocycles. The highest BCUT2D eigenvalue weighted by Gasteiger charge is 2.07. The number of halogens is 1. The van der Waals surface area contributed by atoms with Crippen LogP contribution < -0.4 is 11.1 Å². The van der Waals surface area contributed by atoms with Crippen LogP contribution in [0.1, 0.15) is 41.3 Å². The summed E-state index contributed by atoms with van der Waals surface area (Å²) in [6.07, 6.45) is 0. The van der Waals surface area contributed by atoms with Crippen molar-refractivity contribution in [3.05, 3.63) is 63.6 Å². The molecule has 0 heterocycles. The number of nitrogen functional groups attached to an aromatic ring is 1. The molecule has 2 aromatic rings. The van der Waals surface area contributed by atoms with Crippen LogP contribution in [0, 0.1) is 0 Å². The second-order valence-electron chi connectivity index (χ2n) is 5.32. The number of anilines is 1. The van der Waals surface area contributed by atoms with Gasteiger partial charge in [-0.1, -0.05) is 38.1 Å². The lowest BCUT2D eigenvalue weighted by Gasteiger charge is -2.09. The maximum Gasteiger partial charge on any atom is 0.251 e. The maximum atomic E-state index is 12.1. The number of benzene rings is 2. The zero-order valence-corrected chi connectivity index (χ0v) is 13.8. The average molecular weight is 347 g/mol. The molecule has 0 aliphatic carbocycles. The third kappa shape index (κ3) is 4.08. The van der Waals surface area contributed by atoms with Gasteiger partial charge in [-0.05, 0) is 51.2 Å². The number of rotatable bonds is 4. The molecule has 0 saturated heterocycles. The summed E-state index contributed by atoms with van der Waals surface area (Å²) < 4.78 is 0.733. The van der Waals surface area contributed by atoms with Crippen LogP contribution in [-0.4, -0.2) is 5.91 Å². The number of carbonyl (C=O) groups excluding carboxylic acids is 1. The second kappa shape index (κ2) is 6.76. The van der Waals surface area contributed by atoms with Crippen LogP contribution in [0.25, 0.3) is 0 Å². The summed E-state index contributed by atoms with van der Waals surface area (Å²) in [5.74, 6) is 0.407. The van der Waals surface area contributed by atoms with Crippen molar-refractivity contribution >= 4 is 27.5 Å². The van der Waals surface area contributed by atoms with Gasteiger partial charge >= 0.3 is 0 Å². The second-order valence-corrected chi connectivity index (χ2v) is 6.17. The average Bonchev–Trinajstić information content (AvgIpc) is 2.48. The minimum atomic E-state index is -0.108. The molecule has 0 aliphatic rings. The molecule has 3 N–H and O–H groups in total. The van der Waals surface area contributed by atoms with Gasteiger partial charge in [0.2, 0.25) is 0 Å². The lowest BCUT2D eigenvalue weighted by molar-refractivity contribution is 0.0951. The van der Waals surface area contributed by atoms with E-state index in [4.69, 9.17) is 5.73 Å². The van der Waals surface area contributed by atoms with E-state index in [2.05, 4.69) is 59.4 Å². The van der Waals surface area contributed by atoms with E-state index in [-0.39, 0.29) is 5.91 Å². The smallest absolute Gasteiger partial charge is 0.251 e. The Morgan fingerprint density at radius 2 is 1.86 bits per heavy atom. The molecule has 0 atom stereocenters. The molecule has 0 radical (unpaired) electrons. The van der Waals surface area contributed by atoms with E-state index >= 15 is 0 Å². The van der Waals surface area contributed by atoms with Crippen LogP contribution in [0.2, 0.25) is 0 Å². The van der Waals surface area contributed by atoms with E-state index in [9.17, 15) is 4.79 Å². The summed E-state index contributed by atoms with van der Waals surface area (Å²) >= 11 is 3.33. The van der Waals surface area contributed by atoms with Crippen molar-refractivity contribution < 1.29 is 4.79 Å². The Balaban J connectivity index is 1.98. The van der Waals surface area contributed by atoms with Gasteiger partial charge in [-0.15, -0.1) is 0 Å². The van der Waals surface area contributed by atoms with Gasteiger partial charge in [0.1, 0.15) is 0 Å². The first kappa shape index (κ1) is 15.6. The molecule has 0 aliphatic heterocycles. The number of hydrogen-bond acceptors (Lipinski definition) is 2. The summed E-state index contributed by atoms with van der Waals surface area (Å²) in [5.41, 5.74) is 9.31. The first-order chi connectivity index (χ1) is 9.97. The molecule has 21 heavy (non-hydrogen) atoms. The fraction of sp³-hybridized carbons (Fsp3) is 0.235. The van der Waals surface area contributed by atoms with Gasteiger partial charge in [-0.3, -0.25) is 4.79 Å². The highest BCUT2D eigenvalue weighted by molar-refractivity contribution is 9.10. The lowest BCUT2D eigenvalue weighted by Crippen LogP contribution is -2.22. The van der Waals surface area contributed by atoms with E-state index in [0.29, 0.717) is 23.7 Å². The molecule has 2 rings (SSSR count). The molecule has 2 aromatic carbocycles. The van der Waals surface area contributed by atoms with Crippen molar-refractivity contribution in [2.75, 3.05) is 5.73 Å². The molecule has 3 nitrogen and oxygen atoms in total. The minimum Gasteiger partial charge on any atom is -0.398 e. The van der Waals surface area contributed by atoms with E-state index < -0.39 is 0 Å². The molecule has 4 heteroatoms. The number of nitrogens with two attached hydrogens (primary N) is 1. The maximum absolute atomic E-state index is 12.1. The first-order valence-electron chi connectivity index (χ1n) is 6.89. The number of nitrogens with one attached hydrogen (secondary N) is 1. The van der Waals surface area contributed by atoms with Crippen LogP contribution in [0.5, 0.6) is 0 Å².